The molecule has 0 radical (unpaired) electrons. The third-order valence-corrected chi connectivity index (χ3v) is 7.00. The van der Waals surface area contributed by atoms with Gasteiger partial charge in [0.15, 0.2) is 5.58 Å². The van der Waals surface area contributed by atoms with Gasteiger partial charge in [0.05, 0.1) is 11.7 Å². The van der Waals surface area contributed by atoms with E-state index < -0.39 is 0 Å². The first-order valence-corrected chi connectivity index (χ1v) is 11.9. The zero-order valence-electron chi connectivity index (χ0n) is 19.0. The van der Waals surface area contributed by atoms with Crippen molar-refractivity contribution >= 4 is 27.9 Å². The minimum absolute atomic E-state index is 0.0149. The molecule has 0 aliphatic heterocycles. The van der Waals surface area contributed by atoms with Crippen LogP contribution in [0.25, 0.3) is 44.5 Å². The van der Waals surface area contributed by atoms with Crippen LogP contribution in [-0.2, 0) is 0 Å². The Balaban J connectivity index is 1.33. The average molecular weight is 451 g/mol. The summed E-state index contributed by atoms with van der Waals surface area (Å²) in [6, 6.07) is 18.0. The van der Waals surface area contributed by atoms with Crippen LogP contribution in [0, 0.1) is 5.92 Å². The number of hydrogen-bond donors (Lipinski definition) is 2. The summed E-state index contributed by atoms with van der Waals surface area (Å²) >= 11 is 0. The molecular weight excluding hydrogens is 424 g/mol. The van der Waals surface area contributed by atoms with E-state index >= 15 is 0 Å². The first-order chi connectivity index (χ1) is 16.7. The molecule has 5 aromatic rings. The van der Waals surface area contributed by atoms with Crippen LogP contribution in [0.3, 0.4) is 0 Å². The molecule has 3 aromatic heterocycles. The standard InChI is InChI=1S/C28H26N4O2/c1-17-5-2-3-8-23(17)31-28(33)20-7-4-6-18(13-20)22-11-12-29-25-15-26(34-27(22)25)19-9-10-21-16-30-32-24(21)14-19/h4,6-7,9-17,23H,2-3,5,8H2,1H3,(H,30,32)(H,31,33)/t17-,23+/m0/s1. The molecular formula is C28H26N4O2. The minimum Gasteiger partial charge on any atom is -0.454 e. The first-order valence-electron chi connectivity index (χ1n) is 11.9. The fourth-order valence-corrected chi connectivity index (χ4v) is 5.01. The second-order valence-corrected chi connectivity index (χ2v) is 9.28. The molecule has 1 saturated carbocycles. The molecule has 1 amide bonds. The molecule has 170 valence electrons. The molecule has 0 unspecified atom stereocenters. The molecule has 0 saturated heterocycles. The third-order valence-electron chi connectivity index (χ3n) is 7.00. The van der Waals surface area contributed by atoms with Gasteiger partial charge in [-0.2, -0.15) is 5.10 Å². The van der Waals surface area contributed by atoms with Gasteiger partial charge in [-0.1, -0.05) is 44.0 Å². The van der Waals surface area contributed by atoms with E-state index in [1.165, 1.54) is 19.3 Å². The summed E-state index contributed by atoms with van der Waals surface area (Å²) in [4.78, 5) is 17.5. The molecule has 2 N–H and O–H groups in total. The molecule has 6 rings (SSSR count). The molecule has 34 heavy (non-hydrogen) atoms. The minimum atomic E-state index is -0.0149. The molecule has 3 heterocycles. The van der Waals surface area contributed by atoms with Crippen molar-refractivity contribution in [1.82, 2.24) is 20.5 Å². The zero-order valence-corrected chi connectivity index (χ0v) is 19.0. The first kappa shape index (κ1) is 20.7. The van der Waals surface area contributed by atoms with Crippen LogP contribution in [0.15, 0.2) is 71.4 Å². The van der Waals surface area contributed by atoms with Gasteiger partial charge in [0, 0.05) is 40.4 Å². The quantitative estimate of drug-likeness (QED) is 0.334. The summed E-state index contributed by atoms with van der Waals surface area (Å²) < 4.78 is 6.30. The van der Waals surface area contributed by atoms with E-state index in [4.69, 9.17) is 4.42 Å². The zero-order chi connectivity index (χ0) is 23.1. The van der Waals surface area contributed by atoms with Crippen LogP contribution in [0.2, 0.25) is 0 Å². The van der Waals surface area contributed by atoms with E-state index in [1.807, 2.05) is 54.6 Å². The van der Waals surface area contributed by atoms with Crippen molar-refractivity contribution in [1.29, 1.82) is 0 Å². The van der Waals surface area contributed by atoms with Crippen molar-refractivity contribution in [3.63, 3.8) is 0 Å². The lowest BCUT2D eigenvalue weighted by Gasteiger charge is -2.29. The Hall–Kier alpha value is -3.93. The number of pyridine rings is 1. The van der Waals surface area contributed by atoms with Gasteiger partial charge in [-0.25, -0.2) is 0 Å². The topological polar surface area (TPSA) is 83.8 Å². The van der Waals surface area contributed by atoms with E-state index in [9.17, 15) is 4.79 Å². The summed E-state index contributed by atoms with van der Waals surface area (Å²) in [6.45, 7) is 2.23. The number of aromatic nitrogens is 3. The number of aromatic amines is 1. The molecule has 1 aliphatic rings. The molecule has 1 fully saturated rings. The number of furan rings is 1. The number of amides is 1. The SMILES string of the molecule is C[C@H]1CCCC[C@H]1NC(=O)c1cccc(-c2ccnc3cc(-c4ccc5cn[nH]c5c4)oc23)c1. The molecule has 6 heteroatoms. The number of benzene rings is 2. The Kier molecular flexibility index (Phi) is 5.13. The van der Waals surface area contributed by atoms with Crippen molar-refractivity contribution < 1.29 is 9.21 Å². The highest BCUT2D eigenvalue weighted by Crippen LogP contribution is 2.34. The summed E-state index contributed by atoms with van der Waals surface area (Å²) in [5.41, 5.74) is 5.91. The number of carbonyl (C=O) groups excluding carboxylic acids is 1. The highest BCUT2D eigenvalue weighted by Gasteiger charge is 2.23. The molecule has 6 nitrogen and oxygen atoms in total. The summed E-state index contributed by atoms with van der Waals surface area (Å²) in [5.74, 6) is 1.24. The molecule has 2 aromatic carbocycles. The van der Waals surface area contributed by atoms with Crippen molar-refractivity contribution in [3.05, 3.63) is 72.6 Å². The Morgan fingerprint density at radius 3 is 2.88 bits per heavy atom. The van der Waals surface area contributed by atoms with Gasteiger partial charge in [-0.05, 0) is 48.6 Å². The van der Waals surface area contributed by atoms with Crippen LogP contribution >= 0.6 is 0 Å². The number of rotatable bonds is 4. The lowest BCUT2D eigenvalue weighted by atomic mass is 9.86. The number of H-pyrrole nitrogens is 1. The van der Waals surface area contributed by atoms with Gasteiger partial charge < -0.3 is 9.73 Å². The van der Waals surface area contributed by atoms with Crippen molar-refractivity contribution in [3.8, 4) is 22.5 Å². The second-order valence-electron chi connectivity index (χ2n) is 9.28. The van der Waals surface area contributed by atoms with Gasteiger partial charge in [0.1, 0.15) is 11.3 Å². The van der Waals surface area contributed by atoms with Gasteiger partial charge in [-0.15, -0.1) is 0 Å². The predicted octanol–water partition coefficient (Wildman–Crippen LogP) is 6.35. The van der Waals surface area contributed by atoms with Crippen LogP contribution in [0.1, 0.15) is 43.0 Å². The molecule has 2 atom stereocenters. The third kappa shape index (κ3) is 3.75. The largest absolute Gasteiger partial charge is 0.454 e. The van der Waals surface area contributed by atoms with Crippen molar-refractivity contribution in [2.75, 3.05) is 0 Å². The predicted molar refractivity (Wildman–Crippen MR) is 133 cm³/mol. The van der Waals surface area contributed by atoms with Crippen LogP contribution in [0.4, 0.5) is 0 Å². The van der Waals surface area contributed by atoms with Crippen molar-refractivity contribution in [2.45, 2.75) is 38.6 Å². The summed E-state index contributed by atoms with van der Waals surface area (Å²) in [6.07, 6.45) is 8.24. The number of carbonyl (C=O) groups is 1. The molecule has 0 bridgehead atoms. The monoisotopic (exact) mass is 450 g/mol. The maximum absolute atomic E-state index is 13.0. The summed E-state index contributed by atoms with van der Waals surface area (Å²) in [7, 11) is 0. The highest BCUT2D eigenvalue weighted by molar-refractivity contribution is 5.98. The van der Waals surface area contributed by atoms with Gasteiger partial charge in [0.2, 0.25) is 0 Å². The van der Waals surface area contributed by atoms with E-state index in [0.29, 0.717) is 17.1 Å². The molecule has 0 spiro atoms. The Bertz CT molecular complexity index is 1500. The van der Waals surface area contributed by atoms with E-state index in [1.54, 1.807) is 12.4 Å². The van der Waals surface area contributed by atoms with Gasteiger partial charge >= 0.3 is 0 Å². The maximum Gasteiger partial charge on any atom is 0.251 e. The smallest absolute Gasteiger partial charge is 0.251 e. The normalized spacial score (nSPS) is 18.4. The van der Waals surface area contributed by atoms with Gasteiger partial charge in [0.25, 0.3) is 5.91 Å². The number of nitrogens with one attached hydrogen (secondary N) is 2. The highest BCUT2D eigenvalue weighted by atomic mass is 16.3. The maximum atomic E-state index is 13.0. The van der Waals surface area contributed by atoms with Crippen LogP contribution in [0.5, 0.6) is 0 Å². The van der Waals surface area contributed by atoms with Crippen LogP contribution < -0.4 is 5.32 Å². The Labute approximate surface area is 197 Å². The van der Waals surface area contributed by atoms with Gasteiger partial charge in [-0.3, -0.25) is 14.9 Å². The average Bonchev–Trinajstić information content (AvgIpc) is 3.52. The Morgan fingerprint density at radius 1 is 1.06 bits per heavy atom. The second kappa shape index (κ2) is 8.45. The van der Waals surface area contributed by atoms with Crippen LogP contribution in [-0.4, -0.2) is 27.1 Å². The fourth-order valence-electron chi connectivity index (χ4n) is 5.01. The van der Waals surface area contributed by atoms with E-state index in [0.717, 1.165) is 45.3 Å². The number of hydrogen-bond acceptors (Lipinski definition) is 4. The lowest BCUT2D eigenvalue weighted by molar-refractivity contribution is 0.0910. The number of fused-ring (bicyclic) bond motifs is 2. The number of nitrogens with zero attached hydrogens (tertiary/aromatic N) is 2. The Morgan fingerprint density at radius 2 is 1.97 bits per heavy atom. The van der Waals surface area contributed by atoms with E-state index in [-0.39, 0.29) is 11.9 Å². The van der Waals surface area contributed by atoms with Crippen molar-refractivity contribution in [2.24, 2.45) is 5.92 Å². The van der Waals surface area contributed by atoms with E-state index in [2.05, 4.69) is 27.4 Å². The molecule has 1 aliphatic carbocycles. The summed E-state index contributed by atoms with van der Waals surface area (Å²) in [5, 5.41) is 11.4. The lowest BCUT2D eigenvalue weighted by Crippen LogP contribution is -2.41. The fraction of sp³-hybridized carbons (Fsp3) is 0.250.